The molecule has 1 aliphatic heterocycles. The largest absolute Gasteiger partial charge is 0.495 e. The highest BCUT2D eigenvalue weighted by atomic mass is 32.1. The Kier molecular flexibility index (Phi) is 4.34. The van der Waals surface area contributed by atoms with Crippen LogP contribution in [0.2, 0.25) is 0 Å². The van der Waals surface area contributed by atoms with E-state index in [4.69, 9.17) is 4.74 Å². The van der Waals surface area contributed by atoms with Gasteiger partial charge in [-0.1, -0.05) is 30.3 Å². The van der Waals surface area contributed by atoms with Crippen molar-refractivity contribution >= 4 is 23.2 Å². The highest BCUT2D eigenvalue weighted by molar-refractivity contribution is 7.12. The summed E-state index contributed by atoms with van der Waals surface area (Å²) in [7, 11) is 1.52. The number of thiophene rings is 1. The number of hydrogen-bond donors (Lipinski definition) is 1. The molecule has 23 heavy (non-hydrogen) atoms. The van der Waals surface area contributed by atoms with E-state index in [1.165, 1.54) is 18.4 Å². The standard InChI is InChI=1S/C17H17NO4S/c1-22-14-7-8-23-15(14)16(19)18-9-12(13(10-18)17(20)21)11-5-3-2-4-6-11/h2-8,12-13H,9-10H2,1H3,(H,20,21)/t12-,13-/m0/s1. The minimum Gasteiger partial charge on any atom is -0.495 e. The monoisotopic (exact) mass is 331 g/mol. The molecule has 6 heteroatoms. The van der Waals surface area contributed by atoms with Crippen LogP contribution in [0.15, 0.2) is 41.8 Å². The van der Waals surface area contributed by atoms with Crippen LogP contribution >= 0.6 is 11.3 Å². The van der Waals surface area contributed by atoms with Crippen molar-refractivity contribution in [2.75, 3.05) is 20.2 Å². The number of aliphatic carboxylic acids is 1. The van der Waals surface area contributed by atoms with Gasteiger partial charge in [0, 0.05) is 19.0 Å². The second kappa shape index (κ2) is 6.42. The number of amides is 1. The molecular formula is C17H17NO4S. The average Bonchev–Trinajstić information content (AvgIpc) is 3.22. The number of rotatable bonds is 4. The molecule has 1 saturated heterocycles. The number of carbonyl (C=O) groups is 2. The van der Waals surface area contributed by atoms with Gasteiger partial charge in [-0.25, -0.2) is 0 Å². The molecule has 3 rings (SSSR count). The van der Waals surface area contributed by atoms with Gasteiger partial charge in [0.2, 0.25) is 0 Å². The van der Waals surface area contributed by atoms with Crippen LogP contribution in [-0.4, -0.2) is 42.1 Å². The summed E-state index contributed by atoms with van der Waals surface area (Å²) >= 11 is 1.31. The first-order valence-electron chi connectivity index (χ1n) is 7.30. The SMILES string of the molecule is COc1ccsc1C(=O)N1C[C@H](C(=O)O)[C@H](c2ccccc2)C1. The number of benzene rings is 1. The van der Waals surface area contributed by atoms with Gasteiger partial charge < -0.3 is 14.7 Å². The van der Waals surface area contributed by atoms with Crippen LogP contribution in [0.3, 0.4) is 0 Å². The fraction of sp³-hybridized carbons (Fsp3) is 0.294. The van der Waals surface area contributed by atoms with Crippen LogP contribution in [0.25, 0.3) is 0 Å². The molecule has 2 heterocycles. The molecule has 1 aromatic carbocycles. The molecule has 1 aliphatic rings. The lowest BCUT2D eigenvalue weighted by Crippen LogP contribution is -2.29. The van der Waals surface area contributed by atoms with Crippen molar-refractivity contribution in [3.8, 4) is 5.75 Å². The molecule has 1 fully saturated rings. The Balaban J connectivity index is 1.86. The molecule has 1 aromatic heterocycles. The molecule has 0 unspecified atom stereocenters. The number of likely N-dealkylation sites (tertiary alicyclic amines) is 1. The Morgan fingerprint density at radius 1 is 1.22 bits per heavy atom. The first-order chi connectivity index (χ1) is 11.1. The zero-order chi connectivity index (χ0) is 16.4. The number of carboxylic acid groups (broad SMARTS) is 1. The summed E-state index contributed by atoms with van der Waals surface area (Å²) in [6.07, 6.45) is 0. The van der Waals surface area contributed by atoms with E-state index in [9.17, 15) is 14.7 Å². The van der Waals surface area contributed by atoms with E-state index in [1.807, 2.05) is 30.3 Å². The number of carbonyl (C=O) groups excluding carboxylic acids is 1. The Morgan fingerprint density at radius 2 is 1.96 bits per heavy atom. The molecule has 1 N–H and O–H groups in total. The minimum absolute atomic E-state index is 0.165. The van der Waals surface area contributed by atoms with E-state index in [0.717, 1.165) is 5.56 Å². The number of hydrogen-bond acceptors (Lipinski definition) is 4. The van der Waals surface area contributed by atoms with Crippen molar-refractivity contribution < 1.29 is 19.4 Å². The third kappa shape index (κ3) is 2.94. The highest BCUT2D eigenvalue weighted by Crippen LogP contribution is 2.35. The van der Waals surface area contributed by atoms with Gasteiger partial charge in [-0.3, -0.25) is 9.59 Å². The topological polar surface area (TPSA) is 66.8 Å². The number of nitrogens with zero attached hydrogens (tertiary/aromatic N) is 1. The van der Waals surface area contributed by atoms with Gasteiger partial charge in [-0.2, -0.15) is 0 Å². The molecule has 2 atom stereocenters. The van der Waals surface area contributed by atoms with E-state index < -0.39 is 11.9 Å². The van der Waals surface area contributed by atoms with Gasteiger partial charge in [0.1, 0.15) is 10.6 Å². The van der Waals surface area contributed by atoms with Gasteiger partial charge in [0.15, 0.2) is 0 Å². The normalized spacial score (nSPS) is 20.5. The summed E-state index contributed by atoms with van der Waals surface area (Å²) in [5.41, 5.74) is 0.952. The first-order valence-corrected chi connectivity index (χ1v) is 8.18. The molecule has 120 valence electrons. The summed E-state index contributed by atoms with van der Waals surface area (Å²) in [5.74, 6) is -1.28. The van der Waals surface area contributed by atoms with Gasteiger partial charge in [0.25, 0.3) is 5.91 Å². The Bertz CT molecular complexity index is 712. The zero-order valence-electron chi connectivity index (χ0n) is 12.6. The Morgan fingerprint density at radius 3 is 2.61 bits per heavy atom. The van der Waals surface area contributed by atoms with Crippen molar-refractivity contribution in [3.63, 3.8) is 0 Å². The second-order valence-corrected chi connectivity index (χ2v) is 6.41. The fourth-order valence-corrected chi connectivity index (χ4v) is 3.84. The van der Waals surface area contributed by atoms with E-state index in [0.29, 0.717) is 17.2 Å². The maximum Gasteiger partial charge on any atom is 0.308 e. The van der Waals surface area contributed by atoms with Crippen LogP contribution in [-0.2, 0) is 4.79 Å². The van der Waals surface area contributed by atoms with Gasteiger partial charge in [0.05, 0.1) is 13.0 Å². The van der Waals surface area contributed by atoms with Crippen LogP contribution in [0.5, 0.6) is 5.75 Å². The lowest BCUT2D eigenvalue weighted by atomic mass is 9.89. The third-order valence-electron chi connectivity index (χ3n) is 4.20. The molecule has 0 bridgehead atoms. The predicted octanol–water partition coefficient (Wildman–Crippen LogP) is 2.70. The fourth-order valence-electron chi connectivity index (χ4n) is 3.02. The summed E-state index contributed by atoms with van der Waals surface area (Å²) < 4.78 is 5.20. The molecule has 0 saturated carbocycles. The number of methoxy groups -OCH3 is 1. The molecule has 0 radical (unpaired) electrons. The summed E-state index contributed by atoms with van der Waals surface area (Å²) in [4.78, 5) is 26.4. The number of ether oxygens (including phenoxy) is 1. The van der Waals surface area contributed by atoms with Gasteiger partial charge in [-0.05, 0) is 17.0 Å². The number of carboxylic acids is 1. The maximum absolute atomic E-state index is 12.7. The van der Waals surface area contributed by atoms with Crippen LogP contribution < -0.4 is 4.74 Å². The lowest BCUT2D eigenvalue weighted by Gasteiger charge is -2.16. The quantitative estimate of drug-likeness (QED) is 0.935. The second-order valence-electron chi connectivity index (χ2n) is 5.49. The molecule has 0 spiro atoms. The minimum atomic E-state index is -0.868. The van der Waals surface area contributed by atoms with Crippen molar-refractivity contribution in [3.05, 3.63) is 52.2 Å². The molecular weight excluding hydrogens is 314 g/mol. The predicted molar refractivity (Wildman–Crippen MR) is 87.1 cm³/mol. The average molecular weight is 331 g/mol. The Labute approximate surface area is 138 Å². The Hall–Kier alpha value is -2.34. The highest BCUT2D eigenvalue weighted by Gasteiger charge is 2.41. The van der Waals surface area contributed by atoms with E-state index >= 15 is 0 Å². The van der Waals surface area contributed by atoms with Crippen LogP contribution in [0, 0.1) is 5.92 Å². The van der Waals surface area contributed by atoms with Crippen molar-refractivity contribution in [1.29, 1.82) is 0 Å². The van der Waals surface area contributed by atoms with Crippen LogP contribution in [0.1, 0.15) is 21.2 Å². The summed E-state index contributed by atoms with van der Waals surface area (Å²) in [6.45, 7) is 0.621. The van der Waals surface area contributed by atoms with Crippen molar-refractivity contribution in [2.24, 2.45) is 5.92 Å². The summed E-state index contributed by atoms with van der Waals surface area (Å²) in [6, 6.07) is 11.3. The van der Waals surface area contributed by atoms with Gasteiger partial charge >= 0.3 is 5.97 Å². The molecule has 1 amide bonds. The van der Waals surface area contributed by atoms with Crippen molar-refractivity contribution in [2.45, 2.75) is 5.92 Å². The molecule has 0 aliphatic carbocycles. The molecule has 2 aromatic rings. The van der Waals surface area contributed by atoms with Crippen LogP contribution in [0.4, 0.5) is 0 Å². The third-order valence-corrected chi connectivity index (χ3v) is 5.08. The van der Waals surface area contributed by atoms with E-state index in [2.05, 4.69) is 0 Å². The smallest absolute Gasteiger partial charge is 0.308 e. The molecule has 5 nitrogen and oxygen atoms in total. The van der Waals surface area contributed by atoms with E-state index in [1.54, 1.807) is 16.3 Å². The van der Waals surface area contributed by atoms with Gasteiger partial charge in [-0.15, -0.1) is 11.3 Å². The van der Waals surface area contributed by atoms with Crippen molar-refractivity contribution in [1.82, 2.24) is 4.90 Å². The lowest BCUT2D eigenvalue weighted by molar-refractivity contribution is -0.141. The summed E-state index contributed by atoms with van der Waals surface area (Å²) in [5, 5.41) is 11.3. The zero-order valence-corrected chi connectivity index (χ0v) is 13.5. The first kappa shape index (κ1) is 15.6. The maximum atomic E-state index is 12.7. The van der Waals surface area contributed by atoms with E-state index in [-0.39, 0.29) is 18.4 Å².